The number of nitrogens with zero attached hydrogens (tertiary/aromatic N) is 1. The van der Waals surface area contributed by atoms with Gasteiger partial charge in [-0.1, -0.05) is 164 Å². The minimum Gasteiger partial charge on any atom is -0.309 e. The molecule has 266 valence electrons. The average Bonchev–Trinajstić information content (AvgIpc) is 3.94. The number of fused-ring (bicyclic) bond motifs is 9. The third kappa shape index (κ3) is 5.08. The molecule has 0 atom stereocenters. The first-order valence-corrected chi connectivity index (χ1v) is 20.5. The Morgan fingerprint density at radius 1 is 0.351 bits per heavy atom. The van der Waals surface area contributed by atoms with Gasteiger partial charge in [0.1, 0.15) is 0 Å². The van der Waals surface area contributed by atoms with Crippen LogP contribution in [0.2, 0.25) is 0 Å². The van der Waals surface area contributed by atoms with Gasteiger partial charge in [0.25, 0.3) is 0 Å². The molecule has 0 N–H and O–H groups in total. The fourth-order valence-corrected chi connectivity index (χ4v) is 10.7. The molecule has 2 heterocycles. The molecule has 2 heteroatoms. The monoisotopic (exact) mass is 741 g/mol. The van der Waals surface area contributed by atoms with Gasteiger partial charge in [0, 0.05) is 48.1 Å². The Labute approximate surface area is 335 Å². The number of rotatable bonds is 5. The van der Waals surface area contributed by atoms with Crippen molar-refractivity contribution in [2.75, 3.05) is 0 Å². The molecule has 11 aromatic rings. The number of hydrogen-bond acceptors (Lipinski definition) is 1. The van der Waals surface area contributed by atoms with Gasteiger partial charge in [-0.15, -0.1) is 11.3 Å². The van der Waals surface area contributed by atoms with E-state index in [9.17, 15) is 0 Å². The van der Waals surface area contributed by atoms with Gasteiger partial charge in [-0.25, -0.2) is 0 Å². The Morgan fingerprint density at radius 3 is 1.74 bits per heavy atom. The van der Waals surface area contributed by atoms with Crippen LogP contribution in [-0.2, 0) is 0 Å². The van der Waals surface area contributed by atoms with Gasteiger partial charge in [-0.2, -0.15) is 0 Å². The Morgan fingerprint density at radius 2 is 0.947 bits per heavy atom. The van der Waals surface area contributed by atoms with Crippen LogP contribution in [0, 0.1) is 0 Å². The Bertz CT molecular complexity index is 3300. The van der Waals surface area contributed by atoms with E-state index in [2.05, 4.69) is 211 Å². The topological polar surface area (TPSA) is 4.93 Å². The van der Waals surface area contributed by atoms with E-state index < -0.39 is 0 Å². The van der Waals surface area contributed by atoms with Crippen molar-refractivity contribution >= 4 is 53.3 Å². The molecule has 9 aromatic carbocycles. The number of thiophene rings is 1. The summed E-state index contributed by atoms with van der Waals surface area (Å²) in [4.78, 5) is 0. The van der Waals surface area contributed by atoms with Crippen LogP contribution in [0.15, 0.2) is 206 Å². The molecule has 0 spiro atoms. The smallest absolute Gasteiger partial charge is 0.0541 e. The van der Waals surface area contributed by atoms with Crippen LogP contribution < -0.4 is 0 Å². The molecule has 57 heavy (non-hydrogen) atoms. The lowest BCUT2D eigenvalue weighted by Gasteiger charge is -2.16. The second-order valence-corrected chi connectivity index (χ2v) is 16.3. The minimum absolute atomic E-state index is 0.200. The highest BCUT2D eigenvalue weighted by atomic mass is 32.1. The van der Waals surface area contributed by atoms with Crippen molar-refractivity contribution in [2.45, 2.75) is 5.92 Å². The van der Waals surface area contributed by atoms with Gasteiger partial charge in [0.2, 0.25) is 0 Å². The molecular weight excluding hydrogens is 707 g/mol. The van der Waals surface area contributed by atoms with E-state index in [4.69, 9.17) is 0 Å². The van der Waals surface area contributed by atoms with Crippen LogP contribution in [0.1, 0.15) is 22.6 Å². The van der Waals surface area contributed by atoms with Gasteiger partial charge >= 0.3 is 0 Å². The molecular formula is C55H35NS. The summed E-state index contributed by atoms with van der Waals surface area (Å²) in [5.74, 6) is 0.200. The molecule has 12 rings (SSSR count). The number of para-hydroxylation sites is 1. The van der Waals surface area contributed by atoms with E-state index in [1.54, 1.807) is 0 Å². The molecule has 1 nitrogen and oxygen atoms in total. The zero-order valence-corrected chi connectivity index (χ0v) is 31.9. The van der Waals surface area contributed by atoms with Crippen molar-refractivity contribution in [3.8, 4) is 50.2 Å². The van der Waals surface area contributed by atoms with Crippen molar-refractivity contribution in [1.82, 2.24) is 4.57 Å². The number of benzene rings is 9. The number of aromatic nitrogens is 1. The van der Waals surface area contributed by atoms with E-state index in [1.165, 1.54) is 109 Å². The van der Waals surface area contributed by atoms with Gasteiger partial charge in [0.15, 0.2) is 0 Å². The SMILES string of the molecule is c1ccc(-c2ccc(-c3cccc(-c4cc(-n5c6ccccc6c6cc(C7c8ccccc8-c8ccccc87)ccc65)cc5c4sc4ccccc45)c3)cc2)cc1. The third-order valence-corrected chi connectivity index (χ3v) is 13.3. The molecule has 0 unspecified atom stereocenters. The summed E-state index contributed by atoms with van der Waals surface area (Å²) in [6.07, 6.45) is 0. The van der Waals surface area contributed by atoms with E-state index in [0.29, 0.717) is 0 Å². The van der Waals surface area contributed by atoms with Crippen LogP contribution in [0.5, 0.6) is 0 Å². The lowest BCUT2D eigenvalue weighted by atomic mass is 9.88. The highest BCUT2D eigenvalue weighted by molar-refractivity contribution is 7.26. The molecule has 0 aliphatic heterocycles. The van der Waals surface area contributed by atoms with Gasteiger partial charge in [-0.05, 0) is 98.1 Å². The average molecular weight is 742 g/mol. The maximum absolute atomic E-state index is 2.49. The fourth-order valence-electron chi connectivity index (χ4n) is 9.47. The summed E-state index contributed by atoms with van der Waals surface area (Å²) in [6.45, 7) is 0. The Hall–Kier alpha value is -7.00. The molecule has 0 amide bonds. The quantitative estimate of drug-likeness (QED) is 0.166. The van der Waals surface area contributed by atoms with E-state index >= 15 is 0 Å². The molecule has 1 aliphatic rings. The standard InChI is InChI=1S/C55H35NS/c1-2-13-35(14-3-1)36-25-27-37(28-26-36)38-15-12-16-39(31-38)48-33-41(34-50-45-20-9-11-24-53(45)57-55(48)50)56-51-23-10-8-19-44(51)49-32-40(29-30-52(49)56)54-46-21-6-4-17-42(46)43-18-5-7-22-47(43)54/h1-34,54H. The maximum Gasteiger partial charge on any atom is 0.0541 e. The van der Waals surface area contributed by atoms with E-state index in [0.717, 1.165) is 0 Å². The van der Waals surface area contributed by atoms with Crippen LogP contribution >= 0.6 is 11.3 Å². The highest BCUT2D eigenvalue weighted by Gasteiger charge is 2.30. The lowest BCUT2D eigenvalue weighted by Crippen LogP contribution is -1.99. The van der Waals surface area contributed by atoms with Crippen molar-refractivity contribution in [1.29, 1.82) is 0 Å². The van der Waals surface area contributed by atoms with Crippen molar-refractivity contribution in [2.24, 2.45) is 0 Å². The highest BCUT2D eigenvalue weighted by Crippen LogP contribution is 2.49. The zero-order valence-electron chi connectivity index (χ0n) is 31.1. The zero-order chi connectivity index (χ0) is 37.5. The van der Waals surface area contributed by atoms with Crippen LogP contribution in [0.25, 0.3) is 92.2 Å². The van der Waals surface area contributed by atoms with Crippen LogP contribution in [-0.4, -0.2) is 4.57 Å². The van der Waals surface area contributed by atoms with Crippen molar-refractivity contribution < 1.29 is 0 Å². The van der Waals surface area contributed by atoms with Crippen LogP contribution in [0.4, 0.5) is 0 Å². The molecule has 2 aromatic heterocycles. The Balaban J connectivity index is 1.04. The molecule has 0 bridgehead atoms. The predicted molar refractivity (Wildman–Crippen MR) is 243 cm³/mol. The summed E-state index contributed by atoms with van der Waals surface area (Å²) in [7, 11) is 0. The second kappa shape index (κ2) is 12.8. The van der Waals surface area contributed by atoms with E-state index in [1.807, 2.05) is 11.3 Å². The summed E-state index contributed by atoms with van der Waals surface area (Å²) >= 11 is 1.89. The summed E-state index contributed by atoms with van der Waals surface area (Å²) in [6, 6.07) is 76.4. The molecule has 0 radical (unpaired) electrons. The van der Waals surface area contributed by atoms with Gasteiger partial charge in [0.05, 0.1) is 11.0 Å². The summed E-state index contributed by atoms with van der Waals surface area (Å²) in [5.41, 5.74) is 17.8. The first-order chi connectivity index (χ1) is 28.3. The lowest BCUT2D eigenvalue weighted by molar-refractivity contribution is 1.02. The first-order valence-electron chi connectivity index (χ1n) is 19.7. The largest absolute Gasteiger partial charge is 0.309 e. The summed E-state index contributed by atoms with van der Waals surface area (Å²) < 4.78 is 5.12. The molecule has 1 aliphatic carbocycles. The molecule has 0 fully saturated rings. The maximum atomic E-state index is 2.49. The van der Waals surface area contributed by atoms with E-state index in [-0.39, 0.29) is 5.92 Å². The molecule has 0 saturated carbocycles. The fraction of sp³-hybridized carbons (Fsp3) is 0.0182. The summed E-state index contributed by atoms with van der Waals surface area (Å²) in [5, 5.41) is 5.15. The number of hydrogen-bond donors (Lipinski definition) is 0. The van der Waals surface area contributed by atoms with Crippen molar-refractivity contribution in [3.05, 3.63) is 223 Å². The van der Waals surface area contributed by atoms with Crippen molar-refractivity contribution in [3.63, 3.8) is 0 Å². The third-order valence-electron chi connectivity index (χ3n) is 12.1. The van der Waals surface area contributed by atoms with Gasteiger partial charge in [-0.3, -0.25) is 0 Å². The Kier molecular flexibility index (Phi) is 7.23. The normalized spacial score (nSPS) is 12.5. The first kappa shape index (κ1) is 32.3. The minimum atomic E-state index is 0.200. The second-order valence-electron chi connectivity index (χ2n) is 15.2. The predicted octanol–water partition coefficient (Wildman–Crippen LogP) is 15.3. The van der Waals surface area contributed by atoms with Gasteiger partial charge < -0.3 is 4.57 Å². The molecule has 0 saturated heterocycles. The van der Waals surface area contributed by atoms with Crippen LogP contribution in [0.3, 0.4) is 0 Å².